The van der Waals surface area contributed by atoms with E-state index in [1.165, 1.54) is 5.56 Å². The van der Waals surface area contributed by atoms with Gasteiger partial charge in [0, 0.05) is 6.54 Å². The molecule has 1 aromatic rings. The third-order valence-electron chi connectivity index (χ3n) is 2.00. The Morgan fingerprint density at radius 2 is 1.78 bits per heavy atom. The molecule has 5 N–H and O–H groups in total. The molecule has 0 aliphatic rings. The van der Waals surface area contributed by atoms with Gasteiger partial charge in [-0.2, -0.15) is 0 Å². The van der Waals surface area contributed by atoms with Crippen molar-refractivity contribution < 1.29 is 9.90 Å². The Kier molecular flexibility index (Phi) is 17.7. The van der Waals surface area contributed by atoms with Gasteiger partial charge in [0.2, 0.25) is 0 Å². The second-order valence-corrected chi connectivity index (χ2v) is 3.42. The van der Waals surface area contributed by atoms with Crippen LogP contribution in [0.25, 0.3) is 0 Å². The van der Waals surface area contributed by atoms with Crippen LogP contribution in [0.15, 0.2) is 30.3 Å². The first-order chi connectivity index (χ1) is 7.61. The number of benzene rings is 1. The molecule has 0 unspecified atom stereocenters. The van der Waals surface area contributed by atoms with Crippen molar-refractivity contribution in [1.82, 2.24) is 0 Å². The summed E-state index contributed by atoms with van der Waals surface area (Å²) in [6, 6.07) is 9.32. The van der Waals surface area contributed by atoms with Gasteiger partial charge in [0.25, 0.3) is 0 Å². The molecule has 4 nitrogen and oxygen atoms in total. The number of hydrogen-bond acceptors (Lipinski definition) is 3. The summed E-state index contributed by atoms with van der Waals surface area (Å²) in [5, 5.41) is 8.19. The molecule has 0 saturated carbocycles. The van der Waals surface area contributed by atoms with Crippen molar-refractivity contribution in [2.24, 2.45) is 11.5 Å². The lowest BCUT2D eigenvalue weighted by Crippen LogP contribution is -2.29. The molecule has 0 aliphatic heterocycles. The minimum absolute atomic E-state index is 0. The SMILES string of the molecule is CCC[C@H](N)C(=O)O.Cl.Cl.NCc1ccccc1. The smallest absolute Gasteiger partial charge is 0.320 e. The van der Waals surface area contributed by atoms with Gasteiger partial charge in [-0.25, -0.2) is 0 Å². The van der Waals surface area contributed by atoms with Crippen LogP contribution in [0.2, 0.25) is 0 Å². The molecule has 0 radical (unpaired) electrons. The highest BCUT2D eigenvalue weighted by Crippen LogP contribution is 1.94. The van der Waals surface area contributed by atoms with Gasteiger partial charge < -0.3 is 16.6 Å². The van der Waals surface area contributed by atoms with Crippen LogP contribution in [0.1, 0.15) is 25.3 Å². The highest BCUT2D eigenvalue weighted by atomic mass is 35.5. The number of nitrogens with two attached hydrogens (primary N) is 2. The highest BCUT2D eigenvalue weighted by Gasteiger charge is 2.07. The van der Waals surface area contributed by atoms with E-state index in [4.69, 9.17) is 16.6 Å². The van der Waals surface area contributed by atoms with Crippen molar-refractivity contribution in [3.63, 3.8) is 0 Å². The topological polar surface area (TPSA) is 89.3 Å². The summed E-state index contributed by atoms with van der Waals surface area (Å²) in [5.41, 5.74) is 11.7. The van der Waals surface area contributed by atoms with Gasteiger partial charge in [0.1, 0.15) is 6.04 Å². The first kappa shape index (κ1) is 22.4. The van der Waals surface area contributed by atoms with Crippen LogP contribution < -0.4 is 11.5 Å². The predicted octanol–water partition coefficient (Wildman–Crippen LogP) is 2.19. The first-order valence-corrected chi connectivity index (χ1v) is 5.34. The summed E-state index contributed by atoms with van der Waals surface area (Å²) < 4.78 is 0. The van der Waals surface area contributed by atoms with Gasteiger partial charge in [-0.3, -0.25) is 4.79 Å². The van der Waals surface area contributed by atoms with E-state index in [1.54, 1.807) is 0 Å². The van der Waals surface area contributed by atoms with E-state index in [1.807, 2.05) is 37.3 Å². The predicted molar refractivity (Wildman–Crippen MR) is 79.3 cm³/mol. The number of hydrogen-bond donors (Lipinski definition) is 3. The summed E-state index contributed by atoms with van der Waals surface area (Å²) in [4.78, 5) is 9.96. The van der Waals surface area contributed by atoms with Crippen molar-refractivity contribution >= 4 is 30.8 Å². The third kappa shape index (κ3) is 11.7. The monoisotopic (exact) mass is 296 g/mol. The molecular weight excluding hydrogens is 275 g/mol. The van der Waals surface area contributed by atoms with Gasteiger partial charge in [-0.05, 0) is 12.0 Å². The van der Waals surface area contributed by atoms with Crippen LogP contribution in [-0.4, -0.2) is 17.1 Å². The molecule has 1 aromatic carbocycles. The van der Waals surface area contributed by atoms with E-state index >= 15 is 0 Å². The van der Waals surface area contributed by atoms with Gasteiger partial charge in [-0.1, -0.05) is 43.7 Å². The average Bonchev–Trinajstić information content (AvgIpc) is 2.31. The van der Waals surface area contributed by atoms with Gasteiger partial charge in [0.15, 0.2) is 0 Å². The fourth-order valence-electron chi connectivity index (χ4n) is 1.05. The number of carbonyl (C=O) groups is 1. The molecule has 18 heavy (non-hydrogen) atoms. The highest BCUT2D eigenvalue weighted by molar-refractivity contribution is 5.85. The first-order valence-electron chi connectivity index (χ1n) is 5.34. The fraction of sp³-hybridized carbons (Fsp3) is 0.417. The van der Waals surface area contributed by atoms with Crippen LogP contribution in [0.3, 0.4) is 0 Å². The Morgan fingerprint density at radius 3 is 2.00 bits per heavy atom. The minimum Gasteiger partial charge on any atom is -0.480 e. The molecule has 0 aliphatic carbocycles. The molecule has 0 aromatic heterocycles. The van der Waals surface area contributed by atoms with Crippen molar-refractivity contribution in [2.75, 3.05) is 0 Å². The minimum atomic E-state index is -0.910. The Balaban J connectivity index is -0.000000225. The Bertz CT molecular complexity index is 297. The summed E-state index contributed by atoms with van der Waals surface area (Å²) in [6.07, 6.45) is 1.39. The lowest BCUT2D eigenvalue weighted by molar-refractivity contribution is -0.138. The van der Waals surface area contributed by atoms with Crippen LogP contribution in [0.5, 0.6) is 0 Å². The molecule has 1 rings (SSSR count). The van der Waals surface area contributed by atoms with Crippen LogP contribution in [0.4, 0.5) is 0 Å². The zero-order chi connectivity index (χ0) is 12.4. The molecule has 1 atom stereocenters. The molecule has 0 amide bonds. The number of carboxylic acid groups (broad SMARTS) is 1. The number of rotatable bonds is 4. The van der Waals surface area contributed by atoms with E-state index in [-0.39, 0.29) is 24.8 Å². The summed E-state index contributed by atoms with van der Waals surface area (Å²) in [6.45, 7) is 2.55. The van der Waals surface area contributed by atoms with Gasteiger partial charge in [0.05, 0.1) is 0 Å². The summed E-state index contributed by atoms with van der Waals surface area (Å²) in [7, 11) is 0. The Labute approximate surface area is 121 Å². The van der Waals surface area contributed by atoms with Crippen molar-refractivity contribution in [1.29, 1.82) is 0 Å². The maximum absolute atomic E-state index is 9.96. The van der Waals surface area contributed by atoms with Crippen molar-refractivity contribution in [3.8, 4) is 0 Å². The fourth-order valence-corrected chi connectivity index (χ4v) is 1.05. The van der Waals surface area contributed by atoms with Crippen molar-refractivity contribution in [2.45, 2.75) is 32.4 Å². The summed E-state index contributed by atoms with van der Waals surface area (Å²) in [5.74, 6) is -0.910. The lowest BCUT2D eigenvalue weighted by Gasteiger charge is -2.00. The second-order valence-electron chi connectivity index (χ2n) is 3.42. The zero-order valence-electron chi connectivity index (χ0n) is 10.4. The second kappa shape index (κ2) is 14.3. The van der Waals surface area contributed by atoms with E-state index in [0.717, 1.165) is 6.42 Å². The normalized spacial score (nSPS) is 9.94. The van der Waals surface area contributed by atoms with Crippen LogP contribution >= 0.6 is 24.8 Å². The zero-order valence-corrected chi connectivity index (χ0v) is 12.0. The molecule has 0 heterocycles. The lowest BCUT2D eigenvalue weighted by atomic mass is 10.2. The molecule has 0 fully saturated rings. The summed E-state index contributed by atoms with van der Waals surface area (Å²) >= 11 is 0. The molecule has 0 bridgehead atoms. The van der Waals surface area contributed by atoms with Crippen molar-refractivity contribution in [3.05, 3.63) is 35.9 Å². The molecule has 106 valence electrons. The van der Waals surface area contributed by atoms with E-state index < -0.39 is 12.0 Å². The van der Waals surface area contributed by atoms with Gasteiger partial charge in [-0.15, -0.1) is 24.8 Å². The van der Waals surface area contributed by atoms with Crippen LogP contribution in [-0.2, 0) is 11.3 Å². The number of aliphatic carboxylic acids is 1. The maximum atomic E-state index is 9.96. The van der Waals surface area contributed by atoms with E-state index in [2.05, 4.69) is 0 Å². The Hall–Kier alpha value is -0.810. The standard InChI is InChI=1S/C7H9N.C5H11NO2.2ClH/c8-6-7-4-2-1-3-5-7;1-2-3-4(6)5(7)8;;/h1-5H,6,8H2;4H,2-3,6H2,1H3,(H,7,8);2*1H/t;4-;;/m.0../s1. The third-order valence-corrected chi connectivity index (χ3v) is 2.00. The van der Waals surface area contributed by atoms with Crippen LogP contribution in [0, 0.1) is 0 Å². The quantitative estimate of drug-likeness (QED) is 0.794. The number of halogens is 2. The van der Waals surface area contributed by atoms with E-state index in [0.29, 0.717) is 13.0 Å². The number of carboxylic acids is 1. The molecule has 0 spiro atoms. The molecular formula is C12H22Cl2N2O2. The maximum Gasteiger partial charge on any atom is 0.320 e. The average molecular weight is 297 g/mol. The molecule has 0 saturated heterocycles. The van der Waals surface area contributed by atoms with E-state index in [9.17, 15) is 4.79 Å². The Morgan fingerprint density at radius 1 is 1.28 bits per heavy atom. The molecule has 6 heteroatoms. The van der Waals surface area contributed by atoms with Gasteiger partial charge >= 0.3 is 5.97 Å². The largest absolute Gasteiger partial charge is 0.480 e.